The van der Waals surface area contributed by atoms with E-state index in [1.165, 1.54) is 40.5 Å². The summed E-state index contributed by atoms with van der Waals surface area (Å²) in [5.74, 6) is -1.42. The maximum Gasteiger partial charge on any atom is 0.262 e. The second-order valence-corrected chi connectivity index (χ2v) is 14.3. The fraction of sp³-hybridized carbons (Fsp3) is 0.138. The summed E-state index contributed by atoms with van der Waals surface area (Å²) in [5, 5.41) is 11.0. The van der Waals surface area contributed by atoms with Crippen LogP contribution in [0.1, 0.15) is 20.2 Å². The van der Waals surface area contributed by atoms with E-state index in [2.05, 4.69) is 23.7 Å². The Morgan fingerprint density at radius 1 is 1.15 bits per heavy atom. The van der Waals surface area contributed by atoms with Gasteiger partial charge < -0.3 is 10.6 Å². The Hall–Kier alpha value is -3.07. The molecule has 0 saturated carbocycles. The molecule has 2 N–H and O–H groups in total. The largest absolute Gasteiger partial charge is 0.339 e. The number of anilines is 1. The fourth-order valence-corrected chi connectivity index (χ4v) is 8.98. The Morgan fingerprint density at radius 2 is 2.00 bits per heavy atom. The lowest BCUT2D eigenvalue weighted by atomic mass is 10.1. The van der Waals surface area contributed by atoms with Crippen molar-refractivity contribution < 1.29 is 18.4 Å². The molecular formula is C29H21F2IN4O2S3. The van der Waals surface area contributed by atoms with E-state index in [0.717, 1.165) is 33.1 Å². The Balaban J connectivity index is 1.27. The smallest absolute Gasteiger partial charge is 0.262 e. The highest BCUT2D eigenvalue weighted by molar-refractivity contribution is 14.2. The van der Waals surface area contributed by atoms with Gasteiger partial charge in [0.25, 0.3) is 5.91 Å². The third-order valence-electron chi connectivity index (χ3n) is 6.22. The van der Waals surface area contributed by atoms with E-state index in [0.29, 0.717) is 26.0 Å². The summed E-state index contributed by atoms with van der Waals surface area (Å²) in [7, 11) is 0. The van der Waals surface area contributed by atoms with Crippen molar-refractivity contribution in [2.75, 3.05) is 11.1 Å². The first-order chi connectivity index (χ1) is 19.9. The Morgan fingerprint density at radius 3 is 2.83 bits per heavy atom. The number of aromatic nitrogens is 2. The molecule has 12 heteroatoms. The van der Waals surface area contributed by atoms with Crippen LogP contribution in [0.2, 0.25) is 0 Å². The molecule has 5 aromatic rings. The standard InChI is InChI=1S/C29H21F2IN4O2S3/c1-15-8-24(40-12-15)29(38)34-22(13-39-14-25-35-27-19(31)9-16(30)10-23(27)41-25)28(37)36-26-17-4-2-3-5-20(17)33-21-6-7-32-11-18(21)26/h2-12,22H,13-14H2,1H3,(H,34,38)(H,33,36,37). The number of nitrogens with one attached hydrogen (secondary N) is 2. The predicted octanol–water partition coefficient (Wildman–Crippen LogP) is 5.47. The quantitative estimate of drug-likeness (QED) is 0.208. The number of rotatable bonds is 8. The highest BCUT2D eigenvalue weighted by Gasteiger charge is 2.24. The van der Waals surface area contributed by atoms with Crippen LogP contribution in [0.25, 0.3) is 31.3 Å². The molecular weight excluding hydrogens is 697 g/mol. The van der Waals surface area contributed by atoms with E-state index in [1.54, 1.807) is 6.07 Å². The average molecular weight is 719 g/mol. The van der Waals surface area contributed by atoms with Crippen LogP contribution in [-0.4, -0.2) is 37.6 Å². The van der Waals surface area contributed by atoms with Crippen molar-refractivity contribution in [1.29, 1.82) is 0 Å². The molecule has 0 aliphatic carbocycles. The zero-order valence-corrected chi connectivity index (χ0v) is 26.0. The third kappa shape index (κ3) is 6.10. The fourth-order valence-electron chi connectivity index (χ4n) is 4.32. The van der Waals surface area contributed by atoms with E-state index in [-0.39, 0.29) is 43.8 Å². The SMILES string of the molecule is Cc1csc(C(=O)NC(CSCc2nc3c(F)cc(F)cc3s2)C(=O)Nc2c3c(nc4ccccc24)=CC=IC=3)c1. The molecule has 0 bridgehead atoms. The summed E-state index contributed by atoms with van der Waals surface area (Å²) in [6.45, 7) is 1.91. The molecule has 208 valence electrons. The number of thiazole rings is 1. The van der Waals surface area contributed by atoms with Crippen LogP contribution in [0.3, 0.4) is 0 Å². The van der Waals surface area contributed by atoms with Gasteiger partial charge in [0.05, 0.1) is 26.1 Å². The predicted molar refractivity (Wildman–Crippen MR) is 175 cm³/mol. The van der Waals surface area contributed by atoms with E-state index < -0.39 is 17.7 Å². The van der Waals surface area contributed by atoms with Crippen LogP contribution in [0.15, 0.2) is 47.8 Å². The number of thioether (sulfide) groups is 1. The van der Waals surface area contributed by atoms with Crippen LogP contribution in [0.4, 0.5) is 14.5 Å². The second kappa shape index (κ2) is 12.0. The van der Waals surface area contributed by atoms with Crippen LogP contribution < -0.4 is 21.2 Å². The summed E-state index contributed by atoms with van der Waals surface area (Å²) < 4.78 is 32.5. The topological polar surface area (TPSA) is 84.0 Å². The second-order valence-electron chi connectivity index (χ2n) is 9.19. The molecule has 1 atom stereocenters. The number of nitrogens with zero attached hydrogens (tertiary/aromatic N) is 2. The van der Waals surface area contributed by atoms with Gasteiger partial charge in [-0.2, -0.15) is 11.8 Å². The number of hydrogen-bond acceptors (Lipinski definition) is 7. The minimum atomic E-state index is -0.866. The number of carbonyl (C=O) groups is 2. The van der Waals surface area contributed by atoms with Gasteiger partial charge in [-0.25, -0.2) is 18.7 Å². The van der Waals surface area contributed by atoms with Gasteiger partial charge in [0.15, 0.2) is 5.82 Å². The Kier molecular flexibility index (Phi) is 8.24. The van der Waals surface area contributed by atoms with Gasteiger partial charge in [-0.3, -0.25) is 9.59 Å². The summed E-state index contributed by atoms with van der Waals surface area (Å²) in [4.78, 5) is 36.5. The first-order valence-electron chi connectivity index (χ1n) is 12.4. The maximum absolute atomic E-state index is 14.1. The third-order valence-corrected chi connectivity index (χ3v) is 11.3. The molecule has 6 nitrogen and oxygen atoms in total. The zero-order valence-electron chi connectivity index (χ0n) is 21.4. The molecule has 3 aromatic heterocycles. The molecule has 2 amide bonds. The van der Waals surface area contributed by atoms with E-state index in [4.69, 9.17) is 4.98 Å². The number of para-hydroxylation sites is 1. The molecule has 0 spiro atoms. The minimum absolute atomic E-state index is 0.130. The van der Waals surface area contributed by atoms with Crippen molar-refractivity contribution in [2.24, 2.45) is 0 Å². The molecule has 41 heavy (non-hydrogen) atoms. The number of pyridine rings is 1. The number of fused-ring (bicyclic) bond motifs is 3. The lowest BCUT2D eigenvalue weighted by Crippen LogP contribution is -2.46. The molecule has 0 saturated heterocycles. The van der Waals surface area contributed by atoms with Gasteiger partial charge in [0, 0.05) is 28.2 Å². The number of thiophene rings is 1. The maximum atomic E-state index is 14.1. The van der Waals surface area contributed by atoms with Crippen molar-refractivity contribution in [3.05, 3.63) is 85.5 Å². The number of amides is 2. The molecule has 0 fully saturated rings. The highest BCUT2D eigenvalue weighted by Crippen LogP contribution is 2.28. The van der Waals surface area contributed by atoms with Gasteiger partial charge in [0.1, 0.15) is 22.4 Å². The monoisotopic (exact) mass is 718 g/mol. The van der Waals surface area contributed by atoms with Crippen molar-refractivity contribution in [3.63, 3.8) is 0 Å². The van der Waals surface area contributed by atoms with Gasteiger partial charge in [0.2, 0.25) is 5.91 Å². The lowest BCUT2D eigenvalue weighted by Gasteiger charge is -2.19. The molecule has 0 radical (unpaired) electrons. The van der Waals surface area contributed by atoms with Gasteiger partial charge in [-0.15, -0.1) is 22.7 Å². The van der Waals surface area contributed by atoms with Gasteiger partial charge in [-0.05, 0) is 50.2 Å². The van der Waals surface area contributed by atoms with Crippen LogP contribution in [0, 0.1) is 18.6 Å². The molecule has 1 aliphatic heterocycles. The van der Waals surface area contributed by atoms with Crippen molar-refractivity contribution >= 4 is 108 Å². The molecule has 1 unspecified atom stereocenters. The van der Waals surface area contributed by atoms with Gasteiger partial charge >= 0.3 is 0 Å². The minimum Gasteiger partial charge on any atom is -0.339 e. The van der Waals surface area contributed by atoms with Crippen molar-refractivity contribution in [1.82, 2.24) is 15.3 Å². The first-order valence-corrected chi connectivity index (χ1v) is 17.7. The first kappa shape index (κ1) is 28.1. The molecule has 6 rings (SSSR count). The molecule has 2 aromatic carbocycles. The van der Waals surface area contributed by atoms with Crippen LogP contribution >= 0.6 is 55.2 Å². The van der Waals surface area contributed by atoms with Crippen LogP contribution in [0.5, 0.6) is 0 Å². The van der Waals surface area contributed by atoms with E-state index in [1.807, 2.05) is 42.6 Å². The summed E-state index contributed by atoms with van der Waals surface area (Å²) >= 11 is 3.60. The molecule has 4 heterocycles. The van der Waals surface area contributed by atoms with Crippen molar-refractivity contribution in [3.8, 4) is 0 Å². The summed E-state index contributed by atoms with van der Waals surface area (Å²) in [6.07, 6.45) is 1.99. The average Bonchev–Trinajstić information content (AvgIpc) is 3.58. The van der Waals surface area contributed by atoms with E-state index >= 15 is 0 Å². The summed E-state index contributed by atoms with van der Waals surface area (Å²) in [6, 6.07) is 10.6. The normalized spacial score (nSPS) is 13.1. The summed E-state index contributed by atoms with van der Waals surface area (Å²) in [5.41, 5.74) is 2.55. The number of benzene rings is 2. The zero-order chi connectivity index (χ0) is 28.5. The Bertz CT molecular complexity index is 1990. The number of carbonyl (C=O) groups excluding carboxylic acids is 2. The van der Waals surface area contributed by atoms with Crippen molar-refractivity contribution in [2.45, 2.75) is 18.7 Å². The highest BCUT2D eigenvalue weighted by atomic mass is 127. The van der Waals surface area contributed by atoms with Crippen LogP contribution in [-0.2, 0) is 10.5 Å². The van der Waals surface area contributed by atoms with E-state index in [9.17, 15) is 18.4 Å². The molecule has 1 aliphatic rings. The number of halogens is 3. The van der Waals surface area contributed by atoms with Gasteiger partial charge in [-0.1, -0.05) is 38.9 Å². The number of aryl methyl sites for hydroxylation is 1. The Labute approximate surface area is 255 Å². The number of hydrogen-bond donors (Lipinski definition) is 2. The lowest BCUT2D eigenvalue weighted by molar-refractivity contribution is -0.117.